The van der Waals surface area contributed by atoms with E-state index in [0.29, 0.717) is 41.5 Å². The molecule has 1 atom stereocenters. The molecule has 1 N–H and O–H groups in total. The number of aliphatic hydroxyl groups is 1. The molecule has 0 aromatic heterocycles. The van der Waals surface area contributed by atoms with Gasteiger partial charge in [0.05, 0.1) is 18.7 Å². The van der Waals surface area contributed by atoms with E-state index in [-0.39, 0.29) is 25.4 Å². The van der Waals surface area contributed by atoms with E-state index in [1.807, 2.05) is 31.2 Å². The Morgan fingerprint density at radius 2 is 1.76 bits per heavy atom. The highest BCUT2D eigenvalue weighted by molar-refractivity contribution is 6.10. The third-order valence-corrected chi connectivity index (χ3v) is 6.19. The van der Waals surface area contributed by atoms with E-state index in [1.165, 1.54) is 4.90 Å². The van der Waals surface area contributed by atoms with E-state index in [0.717, 1.165) is 11.3 Å². The minimum Gasteiger partial charge on any atom is -0.491 e. The van der Waals surface area contributed by atoms with Crippen LogP contribution in [0, 0.1) is 6.92 Å². The molecule has 0 radical (unpaired) electrons. The van der Waals surface area contributed by atoms with Gasteiger partial charge >= 0.3 is 0 Å². The second-order valence-electron chi connectivity index (χ2n) is 8.41. The summed E-state index contributed by atoms with van der Waals surface area (Å²) in [6.45, 7) is 3.30. The molecular formula is C27H25NO6. The Balaban J connectivity index is 1.35. The number of rotatable bonds is 7. The highest BCUT2D eigenvalue weighted by Crippen LogP contribution is 2.43. The van der Waals surface area contributed by atoms with Gasteiger partial charge in [-0.05, 0) is 42.8 Å². The number of carbonyl (C=O) groups is 2. The van der Waals surface area contributed by atoms with Gasteiger partial charge in [-0.1, -0.05) is 36.4 Å². The molecule has 0 spiro atoms. The lowest BCUT2D eigenvalue weighted by molar-refractivity contribution is -0.135. The van der Waals surface area contributed by atoms with Crippen molar-refractivity contribution in [3.63, 3.8) is 0 Å². The minimum atomic E-state index is -1.95. The van der Waals surface area contributed by atoms with Crippen molar-refractivity contribution in [2.24, 2.45) is 0 Å². The lowest BCUT2D eigenvalue weighted by Crippen LogP contribution is -2.43. The van der Waals surface area contributed by atoms with E-state index in [1.54, 1.807) is 42.5 Å². The zero-order valence-electron chi connectivity index (χ0n) is 18.8. The lowest BCUT2D eigenvalue weighted by atomic mass is 9.88. The van der Waals surface area contributed by atoms with Gasteiger partial charge in [0.2, 0.25) is 0 Å². The maximum absolute atomic E-state index is 13.4. The van der Waals surface area contributed by atoms with Crippen LogP contribution in [-0.2, 0) is 10.4 Å². The number of nitrogens with zero attached hydrogens (tertiary/aromatic N) is 1. The molecule has 174 valence electrons. The van der Waals surface area contributed by atoms with E-state index in [9.17, 15) is 14.7 Å². The summed E-state index contributed by atoms with van der Waals surface area (Å²) in [5, 5.41) is 11.5. The average molecular weight is 459 g/mol. The number of hydrogen-bond donors (Lipinski definition) is 1. The van der Waals surface area contributed by atoms with Crippen LogP contribution in [0.2, 0.25) is 0 Å². The summed E-state index contributed by atoms with van der Waals surface area (Å²) in [6, 6.07) is 19.5. The summed E-state index contributed by atoms with van der Waals surface area (Å²) < 4.78 is 16.9. The van der Waals surface area contributed by atoms with Crippen molar-refractivity contribution in [2.45, 2.75) is 18.9 Å². The number of amides is 1. The summed E-state index contributed by atoms with van der Waals surface area (Å²) in [4.78, 5) is 28.0. The van der Waals surface area contributed by atoms with Gasteiger partial charge in [0.15, 0.2) is 22.9 Å². The van der Waals surface area contributed by atoms with Crippen LogP contribution >= 0.6 is 0 Å². The quantitative estimate of drug-likeness (QED) is 0.543. The van der Waals surface area contributed by atoms with Crippen molar-refractivity contribution < 1.29 is 28.9 Å². The van der Waals surface area contributed by atoms with E-state index in [2.05, 4.69) is 0 Å². The molecule has 1 unspecified atom stereocenters. The van der Waals surface area contributed by atoms with Gasteiger partial charge in [0.25, 0.3) is 5.91 Å². The Morgan fingerprint density at radius 3 is 2.59 bits per heavy atom. The first-order valence-corrected chi connectivity index (χ1v) is 11.2. The van der Waals surface area contributed by atoms with Gasteiger partial charge < -0.3 is 24.2 Å². The fourth-order valence-electron chi connectivity index (χ4n) is 4.42. The molecule has 2 aliphatic rings. The van der Waals surface area contributed by atoms with Gasteiger partial charge in [-0.3, -0.25) is 9.59 Å². The number of para-hydroxylation sites is 2. The molecule has 0 aliphatic carbocycles. The Hall–Kier alpha value is -3.84. The van der Waals surface area contributed by atoms with Crippen LogP contribution < -0.4 is 19.1 Å². The van der Waals surface area contributed by atoms with Crippen molar-refractivity contribution in [3.8, 4) is 17.2 Å². The number of aryl methyl sites for hydroxylation is 1. The van der Waals surface area contributed by atoms with Gasteiger partial charge in [0, 0.05) is 11.1 Å². The van der Waals surface area contributed by atoms with Gasteiger partial charge in [-0.15, -0.1) is 0 Å². The second-order valence-corrected chi connectivity index (χ2v) is 8.41. The molecule has 0 saturated carbocycles. The number of hydrogen-bond acceptors (Lipinski definition) is 6. The van der Waals surface area contributed by atoms with Crippen LogP contribution in [0.25, 0.3) is 0 Å². The largest absolute Gasteiger partial charge is 0.491 e. The van der Waals surface area contributed by atoms with Crippen molar-refractivity contribution >= 4 is 17.4 Å². The van der Waals surface area contributed by atoms with Crippen LogP contribution in [0.4, 0.5) is 5.69 Å². The van der Waals surface area contributed by atoms with Crippen LogP contribution in [-0.4, -0.2) is 43.2 Å². The predicted octanol–water partition coefficient (Wildman–Crippen LogP) is 3.65. The van der Waals surface area contributed by atoms with E-state index in [4.69, 9.17) is 14.2 Å². The molecule has 7 nitrogen and oxygen atoms in total. The maximum Gasteiger partial charge on any atom is 0.264 e. The molecule has 34 heavy (non-hydrogen) atoms. The first-order valence-electron chi connectivity index (χ1n) is 11.2. The smallest absolute Gasteiger partial charge is 0.264 e. The van der Waals surface area contributed by atoms with E-state index < -0.39 is 11.5 Å². The minimum absolute atomic E-state index is 0.241. The number of Topliss-reactive ketones (excluding diaryl/α,β-unsaturated/α-hetero) is 1. The number of ether oxygens (including phenoxy) is 3. The second kappa shape index (κ2) is 8.83. The molecule has 7 heteroatoms. The molecule has 0 fully saturated rings. The van der Waals surface area contributed by atoms with Crippen LogP contribution in [0.3, 0.4) is 0 Å². The number of ketones is 1. The Labute approximate surface area is 197 Å². The molecule has 3 aromatic rings. The average Bonchev–Trinajstić information content (AvgIpc) is 3.06. The first kappa shape index (κ1) is 22.0. The Kier molecular flexibility index (Phi) is 5.71. The third kappa shape index (κ3) is 3.88. The summed E-state index contributed by atoms with van der Waals surface area (Å²) in [6.07, 6.45) is -0.377. The van der Waals surface area contributed by atoms with Crippen molar-refractivity contribution in [1.82, 2.24) is 0 Å². The first-order chi connectivity index (χ1) is 16.5. The highest BCUT2D eigenvalue weighted by Gasteiger charge is 2.50. The topological polar surface area (TPSA) is 85.3 Å². The summed E-state index contributed by atoms with van der Waals surface area (Å²) in [5.41, 5.74) is 0.394. The number of carbonyl (C=O) groups excluding carboxylic acids is 2. The molecule has 2 aliphatic heterocycles. The molecule has 1 amide bonds. The molecule has 5 rings (SSSR count). The fourth-order valence-corrected chi connectivity index (χ4v) is 4.42. The van der Waals surface area contributed by atoms with Gasteiger partial charge in [-0.2, -0.15) is 0 Å². The molecule has 0 saturated heterocycles. The monoisotopic (exact) mass is 459 g/mol. The van der Waals surface area contributed by atoms with Crippen LogP contribution in [0.1, 0.15) is 27.9 Å². The standard InChI is InChI=1S/C27H25NO6/c1-18-6-2-5-9-23(18)32-13-12-28-21-8-4-3-7-20(21)27(31,26(28)30)17-22(29)19-10-11-24-25(16-19)34-15-14-33-24/h2-11,16,31H,12-15,17H2,1H3. The predicted molar refractivity (Wildman–Crippen MR) is 126 cm³/mol. The van der Waals surface area contributed by atoms with Crippen molar-refractivity contribution in [2.75, 3.05) is 31.3 Å². The third-order valence-electron chi connectivity index (χ3n) is 6.19. The van der Waals surface area contributed by atoms with Gasteiger partial charge in [-0.25, -0.2) is 0 Å². The number of benzene rings is 3. The van der Waals surface area contributed by atoms with E-state index >= 15 is 0 Å². The maximum atomic E-state index is 13.4. The van der Waals surface area contributed by atoms with Crippen molar-refractivity contribution in [3.05, 3.63) is 83.4 Å². The summed E-state index contributed by atoms with van der Waals surface area (Å²) in [7, 11) is 0. The highest BCUT2D eigenvalue weighted by atomic mass is 16.6. The molecule has 3 aromatic carbocycles. The SMILES string of the molecule is Cc1ccccc1OCCN1C(=O)C(O)(CC(=O)c2ccc3c(c2)OCCO3)c2ccccc21. The Bertz CT molecular complexity index is 1260. The lowest BCUT2D eigenvalue weighted by Gasteiger charge is -2.23. The zero-order valence-corrected chi connectivity index (χ0v) is 18.8. The van der Waals surface area contributed by atoms with Crippen molar-refractivity contribution in [1.29, 1.82) is 0 Å². The fraction of sp³-hybridized carbons (Fsp3) is 0.259. The molecule has 0 bridgehead atoms. The molecular weight excluding hydrogens is 434 g/mol. The number of anilines is 1. The molecule has 2 heterocycles. The van der Waals surface area contributed by atoms with Gasteiger partial charge in [0.1, 0.15) is 25.6 Å². The normalized spacial score (nSPS) is 18.5. The summed E-state index contributed by atoms with van der Waals surface area (Å²) >= 11 is 0. The Morgan fingerprint density at radius 1 is 1.03 bits per heavy atom. The van der Waals surface area contributed by atoms with Crippen LogP contribution in [0.15, 0.2) is 66.7 Å². The zero-order chi connectivity index (χ0) is 23.7. The number of fused-ring (bicyclic) bond motifs is 2. The van der Waals surface area contributed by atoms with Crippen LogP contribution in [0.5, 0.6) is 17.2 Å². The summed E-state index contributed by atoms with van der Waals surface area (Å²) in [5.74, 6) is 0.904.